The van der Waals surface area contributed by atoms with Gasteiger partial charge in [0.1, 0.15) is 6.54 Å². The molecule has 4 aromatic rings. The molecule has 11 heteroatoms. The molecule has 38 heavy (non-hydrogen) atoms. The van der Waals surface area contributed by atoms with Crippen LogP contribution in [0.4, 0.5) is 5.69 Å². The average Bonchev–Trinajstić information content (AvgIpc) is 3.18. The zero-order valence-corrected chi connectivity index (χ0v) is 24.3. The van der Waals surface area contributed by atoms with E-state index in [1.807, 2.05) is 44.2 Å². The highest BCUT2D eigenvalue weighted by Crippen LogP contribution is 2.30. The Bertz CT molecular complexity index is 1610. The smallest absolute Gasteiger partial charge is 0.264 e. The number of hydrazone groups is 1. The number of nitrogens with zero attached hydrogens (tertiary/aromatic N) is 3. The lowest BCUT2D eigenvalue weighted by Crippen LogP contribution is -2.39. The first kappa shape index (κ1) is 27.9. The van der Waals surface area contributed by atoms with Crippen molar-refractivity contribution in [2.45, 2.75) is 18.7 Å². The van der Waals surface area contributed by atoms with Gasteiger partial charge < -0.3 is 4.57 Å². The normalized spacial score (nSPS) is 11.6. The summed E-state index contributed by atoms with van der Waals surface area (Å²) in [5.74, 6) is -0.631. The number of amides is 1. The van der Waals surface area contributed by atoms with Gasteiger partial charge in [0.2, 0.25) is 0 Å². The molecule has 3 aromatic carbocycles. The quantitative estimate of drug-likeness (QED) is 0.177. The van der Waals surface area contributed by atoms with Crippen LogP contribution in [0, 0.1) is 13.8 Å². The Morgan fingerprint density at radius 2 is 1.68 bits per heavy atom. The first-order chi connectivity index (χ1) is 18.1. The number of benzene rings is 3. The van der Waals surface area contributed by atoms with Gasteiger partial charge in [-0.2, -0.15) is 5.10 Å². The fraction of sp³-hybridized carbons (Fsp3) is 0.111. The van der Waals surface area contributed by atoms with Crippen LogP contribution in [0.5, 0.6) is 0 Å². The van der Waals surface area contributed by atoms with Crippen molar-refractivity contribution in [3.63, 3.8) is 0 Å². The van der Waals surface area contributed by atoms with Gasteiger partial charge in [-0.15, -0.1) is 0 Å². The summed E-state index contributed by atoms with van der Waals surface area (Å²) in [5.41, 5.74) is 6.37. The predicted octanol–water partition coefficient (Wildman–Crippen LogP) is 6.51. The number of sulfonamides is 1. The Morgan fingerprint density at radius 3 is 2.34 bits per heavy atom. The Labute approximate surface area is 239 Å². The number of aromatic nitrogens is 1. The molecule has 196 valence electrons. The fourth-order valence-electron chi connectivity index (χ4n) is 3.92. The minimum Gasteiger partial charge on any atom is -0.318 e. The maximum atomic E-state index is 13.4. The van der Waals surface area contributed by atoms with E-state index in [0.29, 0.717) is 0 Å². The number of anilines is 1. The van der Waals surface area contributed by atoms with E-state index < -0.39 is 22.5 Å². The highest BCUT2D eigenvalue weighted by atomic mass is 79.9. The van der Waals surface area contributed by atoms with Crippen LogP contribution in [0.15, 0.2) is 93.3 Å². The number of hydrogen-bond donors (Lipinski definition) is 1. The van der Waals surface area contributed by atoms with Gasteiger partial charge in [-0.25, -0.2) is 13.8 Å². The maximum Gasteiger partial charge on any atom is 0.264 e. The molecule has 1 aromatic heterocycles. The molecule has 0 aliphatic rings. The molecule has 0 aliphatic heterocycles. The summed E-state index contributed by atoms with van der Waals surface area (Å²) in [6, 6.07) is 22.1. The van der Waals surface area contributed by atoms with Crippen LogP contribution in [0.25, 0.3) is 5.69 Å². The summed E-state index contributed by atoms with van der Waals surface area (Å²) in [6.45, 7) is 3.41. The number of rotatable bonds is 8. The fourth-order valence-corrected chi connectivity index (χ4v) is 5.91. The zero-order valence-electron chi connectivity index (χ0n) is 20.4. The van der Waals surface area contributed by atoms with E-state index in [1.54, 1.807) is 18.2 Å². The van der Waals surface area contributed by atoms with E-state index in [9.17, 15) is 13.2 Å². The van der Waals surface area contributed by atoms with Crippen LogP contribution in [-0.4, -0.2) is 31.7 Å². The van der Waals surface area contributed by atoms with Gasteiger partial charge in [-0.1, -0.05) is 57.3 Å². The lowest BCUT2D eigenvalue weighted by atomic mass is 10.2. The maximum absolute atomic E-state index is 13.4. The van der Waals surface area contributed by atoms with Crippen LogP contribution in [0.3, 0.4) is 0 Å². The molecule has 0 spiro atoms. The first-order valence-electron chi connectivity index (χ1n) is 11.4. The Balaban J connectivity index is 1.56. The molecule has 0 fully saturated rings. The van der Waals surface area contributed by atoms with Gasteiger partial charge >= 0.3 is 0 Å². The third-order valence-electron chi connectivity index (χ3n) is 5.76. The van der Waals surface area contributed by atoms with Gasteiger partial charge in [-0.3, -0.25) is 9.10 Å². The van der Waals surface area contributed by atoms with Crippen molar-refractivity contribution in [1.82, 2.24) is 9.99 Å². The predicted molar refractivity (Wildman–Crippen MR) is 156 cm³/mol. The van der Waals surface area contributed by atoms with E-state index in [4.69, 9.17) is 23.2 Å². The van der Waals surface area contributed by atoms with E-state index in [0.717, 1.165) is 31.4 Å². The van der Waals surface area contributed by atoms with Gasteiger partial charge in [-0.05, 0) is 74.5 Å². The number of halogens is 3. The molecule has 1 N–H and O–H groups in total. The summed E-state index contributed by atoms with van der Waals surface area (Å²) in [7, 11) is -4.09. The van der Waals surface area contributed by atoms with Crippen molar-refractivity contribution in [3.8, 4) is 5.69 Å². The molecular formula is C27H23BrCl2N4O3S. The monoisotopic (exact) mass is 632 g/mol. The summed E-state index contributed by atoms with van der Waals surface area (Å²) in [6.07, 6.45) is 1.53. The van der Waals surface area contributed by atoms with Crippen molar-refractivity contribution < 1.29 is 13.2 Å². The summed E-state index contributed by atoms with van der Waals surface area (Å²) >= 11 is 15.6. The number of hydrogen-bond acceptors (Lipinski definition) is 4. The molecule has 0 saturated carbocycles. The minimum atomic E-state index is -4.09. The molecule has 0 unspecified atom stereocenters. The lowest BCUT2D eigenvalue weighted by molar-refractivity contribution is -0.119. The molecule has 4 rings (SSSR count). The number of aryl methyl sites for hydroxylation is 1. The first-order valence-corrected chi connectivity index (χ1v) is 14.4. The second-order valence-corrected chi connectivity index (χ2v) is 11.9. The molecule has 0 atom stereocenters. The van der Waals surface area contributed by atoms with E-state index >= 15 is 0 Å². The highest BCUT2D eigenvalue weighted by Gasteiger charge is 2.27. The SMILES string of the molecule is Cc1cc(/C=N/NC(=O)CN(c2ccc(Cl)c(Cl)c2)S(=O)(=O)c2ccccc2)c(C)n1-c1ccc(Br)cc1. The van der Waals surface area contributed by atoms with Crippen LogP contribution in [-0.2, 0) is 14.8 Å². The number of carbonyl (C=O) groups is 1. The largest absolute Gasteiger partial charge is 0.318 e. The van der Waals surface area contributed by atoms with Crippen molar-refractivity contribution in [2.75, 3.05) is 10.8 Å². The Kier molecular flexibility index (Phi) is 8.62. The molecule has 7 nitrogen and oxygen atoms in total. The van der Waals surface area contributed by atoms with Crippen LogP contribution < -0.4 is 9.73 Å². The van der Waals surface area contributed by atoms with Crippen molar-refractivity contribution in [1.29, 1.82) is 0 Å². The molecule has 1 heterocycles. The average molecular weight is 634 g/mol. The Morgan fingerprint density at radius 1 is 1.00 bits per heavy atom. The molecule has 1 amide bonds. The summed E-state index contributed by atoms with van der Waals surface area (Å²) < 4.78 is 30.9. The molecule has 0 aliphatic carbocycles. The van der Waals surface area contributed by atoms with Crippen LogP contribution in [0.1, 0.15) is 17.0 Å². The highest BCUT2D eigenvalue weighted by molar-refractivity contribution is 9.10. The van der Waals surface area contributed by atoms with Crippen molar-refractivity contribution in [3.05, 3.63) is 110 Å². The molecule has 0 bridgehead atoms. The summed E-state index contributed by atoms with van der Waals surface area (Å²) in [4.78, 5) is 12.9. The van der Waals surface area contributed by atoms with Gasteiger partial charge in [0.15, 0.2) is 0 Å². The molecule has 0 radical (unpaired) electrons. The number of carbonyl (C=O) groups excluding carboxylic acids is 1. The van der Waals surface area contributed by atoms with Crippen molar-refractivity contribution >= 4 is 67.0 Å². The van der Waals surface area contributed by atoms with Gasteiger partial charge in [0, 0.05) is 27.1 Å². The van der Waals surface area contributed by atoms with Crippen LogP contribution >= 0.6 is 39.1 Å². The standard InChI is InChI=1S/C27H23BrCl2N4O3S/c1-18-14-20(19(2)34(18)22-10-8-21(28)9-11-22)16-31-32-27(35)17-33(23-12-13-25(29)26(30)15-23)38(36,37)24-6-4-3-5-7-24/h3-16H,17H2,1-2H3,(H,32,35)/b31-16+. The minimum absolute atomic E-state index is 0.0303. The van der Waals surface area contributed by atoms with E-state index in [1.165, 1.54) is 36.5 Å². The topological polar surface area (TPSA) is 83.8 Å². The Hall–Kier alpha value is -3.11. The summed E-state index contributed by atoms with van der Waals surface area (Å²) in [5, 5.41) is 4.51. The zero-order chi connectivity index (χ0) is 27.4. The van der Waals surface area contributed by atoms with Crippen molar-refractivity contribution in [2.24, 2.45) is 5.10 Å². The lowest BCUT2D eigenvalue weighted by Gasteiger charge is -2.24. The van der Waals surface area contributed by atoms with Gasteiger partial charge in [0.05, 0.1) is 26.8 Å². The van der Waals surface area contributed by atoms with Gasteiger partial charge in [0.25, 0.3) is 15.9 Å². The molecular weight excluding hydrogens is 611 g/mol. The molecule has 0 saturated heterocycles. The third-order valence-corrected chi connectivity index (χ3v) is 8.81. The van der Waals surface area contributed by atoms with E-state index in [2.05, 4.69) is 31.0 Å². The number of nitrogens with one attached hydrogen (secondary N) is 1. The second kappa shape index (κ2) is 11.7. The third kappa shape index (κ3) is 6.13. The van der Waals surface area contributed by atoms with Crippen LogP contribution in [0.2, 0.25) is 10.0 Å². The van der Waals surface area contributed by atoms with E-state index in [-0.39, 0.29) is 20.6 Å². The second-order valence-electron chi connectivity index (χ2n) is 8.35.